The predicted molar refractivity (Wildman–Crippen MR) is 111 cm³/mol. The molecule has 0 bridgehead atoms. The van der Waals surface area contributed by atoms with Gasteiger partial charge in [-0.05, 0) is 49.2 Å². The zero-order valence-electron chi connectivity index (χ0n) is 16.0. The number of hydrazone groups is 2. The Morgan fingerprint density at radius 3 is 1.68 bits per heavy atom. The maximum absolute atomic E-state index is 4.66. The molecule has 0 spiro atoms. The van der Waals surface area contributed by atoms with Gasteiger partial charge in [-0.2, -0.15) is 10.2 Å². The van der Waals surface area contributed by atoms with Gasteiger partial charge in [0, 0.05) is 24.8 Å². The molecular weight excluding hydrogens is 350 g/mol. The molecule has 0 radical (unpaired) electrons. The van der Waals surface area contributed by atoms with Gasteiger partial charge in [0.05, 0.1) is 35.9 Å². The van der Waals surface area contributed by atoms with Gasteiger partial charge < -0.3 is 10.9 Å². The van der Waals surface area contributed by atoms with E-state index in [9.17, 15) is 0 Å². The summed E-state index contributed by atoms with van der Waals surface area (Å²) in [6.45, 7) is 5.08. The molecule has 3 aromatic heterocycles. The van der Waals surface area contributed by atoms with Crippen molar-refractivity contribution >= 4 is 11.4 Å². The van der Waals surface area contributed by atoms with Crippen LogP contribution in [-0.4, -0.2) is 26.4 Å². The maximum Gasteiger partial charge on any atom is 0.0867 e. The molecule has 142 valence electrons. The largest absolute Gasteiger partial charge is 0.305 e. The van der Waals surface area contributed by atoms with Crippen molar-refractivity contribution in [3.8, 4) is 0 Å². The second-order valence-electron chi connectivity index (χ2n) is 6.19. The van der Waals surface area contributed by atoms with Gasteiger partial charge in [0.15, 0.2) is 0 Å². The van der Waals surface area contributed by atoms with Crippen LogP contribution in [0.1, 0.15) is 36.4 Å². The first kappa shape index (κ1) is 19.2. The molecule has 3 aromatic rings. The van der Waals surface area contributed by atoms with Gasteiger partial charge in [-0.3, -0.25) is 9.97 Å². The van der Waals surface area contributed by atoms with Crippen LogP contribution in [0.15, 0.2) is 77.5 Å². The third-order valence-corrected chi connectivity index (χ3v) is 4.00. The van der Waals surface area contributed by atoms with Crippen molar-refractivity contribution in [2.75, 3.05) is 0 Å². The van der Waals surface area contributed by atoms with Crippen LogP contribution in [0.5, 0.6) is 0 Å². The number of hydrogen-bond donors (Lipinski definition) is 2. The summed E-state index contributed by atoms with van der Waals surface area (Å²) in [4.78, 5) is 12.8. The van der Waals surface area contributed by atoms with E-state index in [1.165, 1.54) is 0 Å². The average molecular weight is 373 g/mol. The Kier molecular flexibility index (Phi) is 6.78. The Hall–Kier alpha value is -3.61. The van der Waals surface area contributed by atoms with E-state index in [1.807, 2.05) is 68.7 Å². The fourth-order valence-corrected chi connectivity index (χ4v) is 2.46. The predicted octanol–water partition coefficient (Wildman–Crippen LogP) is 2.90. The summed E-state index contributed by atoms with van der Waals surface area (Å²) in [6.07, 6.45) is 7.13. The third-order valence-electron chi connectivity index (χ3n) is 4.00. The van der Waals surface area contributed by atoms with E-state index in [1.54, 1.807) is 12.4 Å². The summed E-state index contributed by atoms with van der Waals surface area (Å²) in [5.74, 6) is 0. The molecule has 0 unspecified atom stereocenters. The Morgan fingerprint density at radius 2 is 1.25 bits per heavy atom. The minimum atomic E-state index is 0.615. The Balaban J connectivity index is 1.60. The Bertz CT molecular complexity index is 862. The second kappa shape index (κ2) is 9.91. The van der Waals surface area contributed by atoms with E-state index >= 15 is 0 Å². The Labute approximate surface area is 164 Å². The number of hydrogen-bond acceptors (Lipinski definition) is 7. The van der Waals surface area contributed by atoms with E-state index in [-0.39, 0.29) is 0 Å². The summed E-state index contributed by atoms with van der Waals surface area (Å²) >= 11 is 0. The van der Waals surface area contributed by atoms with Gasteiger partial charge >= 0.3 is 0 Å². The molecule has 0 amide bonds. The number of rotatable bonds is 8. The van der Waals surface area contributed by atoms with Gasteiger partial charge in [0.1, 0.15) is 0 Å². The lowest BCUT2D eigenvalue weighted by atomic mass is 10.2. The summed E-state index contributed by atoms with van der Waals surface area (Å²) < 4.78 is 0. The molecule has 7 heteroatoms. The van der Waals surface area contributed by atoms with Crippen LogP contribution in [0.3, 0.4) is 0 Å². The van der Waals surface area contributed by atoms with E-state index in [2.05, 4.69) is 36.0 Å². The summed E-state index contributed by atoms with van der Waals surface area (Å²) in [6, 6.07) is 13.6. The highest BCUT2D eigenvalue weighted by molar-refractivity contribution is 6.00. The first-order valence-electron chi connectivity index (χ1n) is 9.02. The molecule has 0 aromatic carbocycles. The van der Waals surface area contributed by atoms with Crippen molar-refractivity contribution in [1.29, 1.82) is 0 Å². The van der Waals surface area contributed by atoms with E-state index in [0.29, 0.717) is 13.1 Å². The van der Waals surface area contributed by atoms with Crippen molar-refractivity contribution in [1.82, 2.24) is 25.8 Å². The summed E-state index contributed by atoms with van der Waals surface area (Å²) in [7, 11) is 0. The summed E-state index contributed by atoms with van der Waals surface area (Å²) in [5, 5.41) is 8.81. The molecule has 0 aliphatic carbocycles. The number of pyridine rings is 3. The van der Waals surface area contributed by atoms with Crippen molar-refractivity contribution in [2.45, 2.75) is 26.9 Å². The highest BCUT2D eigenvalue weighted by atomic mass is 15.3. The lowest BCUT2D eigenvalue weighted by Gasteiger charge is -2.06. The normalized spacial score (nSPS) is 11.9. The SMILES string of the molecule is CC(=NNCc1cccnc1)c1cccc(C(C)=NNCc2cccnc2)n1. The molecule has 0 fully saturated rings. The molecule has 0 aliphatic rings. The molecule has 2 N–H and O–H groups in total. The van der Waals surface area contributed by atoms with Crippen LogP contribution >= 0.6 is 0 Å². The fraction of sp³-hybridized carbons (Fsp3) is 0.190. The van der Waals surface area contributed by atoms with Gasteiger partial charge in [0.25, 0.3) is 0 Å². The van der Waals surface area contributed by atoms with Gasteiger partial charge in [-0.1, -0.05) is 18.2 Å². The van der Waals surface area contributed by atoms with E-state index < -0.39 is 0 Å². The molecule has 0 saturated carbocycles. The van der Waals surface area contributed by atoms with Crippen molar-refractivity contribution in [3.63, 3.8) is 0 Å². The van der Waals surface area contributed by atoms with Crippen molar-refractivity contribution < 1.29 is 0 Å². The molecule has 7 nitrogen and oxygen atoms in total. The molecule has 28 heavy (non-hydrogen) atoms. The van der Waals surface area contributed by atoms with Crippen LogP contribution < -0.4 is 10.9 Å². The van der Waals surface area contributed by atoms with Gasteiger partial charge in [0.2, 0.25) is 0 Å². The molecule has 3 rings (SSSR count). The topological polar surface area (TPSA) is 87.5 Å². The van der Waals surface area contributed by atoms with Crippen LogP contribution in [0, 0.1) is 0 Å². The van der Waals surface area contributed by atoms with Gasteiger partial charge in [-0.15, -0.1) is 0 Å². The fourth-order valence-electron chi connectivity index (χ4n) is 2.46. The standard InChI is InChI=1S/C21H23N7/c1-16(27-24-14-18-6-4-10-22-12-18)20-8-3-9-21(26-20)17(2)28-25-15-19-7-5-11-23-13-19/h3-13,24-25H,14-15H2,1-2H3. The lowest BCUT2D eigenvalue weighted by Crippen LogP contribution is -2.13. The van der Waals surface area contributed by atoms with Crippen LogP contribution in [0.25, 0.3) is 0 Å². The first-order valence-corrected chi connectivity index (χ1v) is 9.02. The van der Waals surface area contributed by atoms with Crippen molar-refractivity contribution in [2.24, 2.45) is 10.2 Å². The lowest BCUT2D eigenvalue weighted by molar-refractivity contribution is 0.739. The molecule has 0 saturated heterocycles. The van der Waals surface area contributed by atoms with Crippen LogP contribution in [0.2, 0.25) is 0 Å². The zero-order valence-corrected chi connectivity index (χ0v) is 16.0. The summed E-state index contributed by atoms with van der Waals surface area (Å²) in [5.41, 5.74) is 11.5. The number of aromatic nitrogens is 3. The van der Waals surface area contributed by atoms with Crippen molar-refractivity contribution in [3.05, 3.63) is 89.8 Å². The van der Waals surface area contributed by atoms with Crippen LogP contribution in [0.4, 0.5) is 0 Å². The Morgan fingerprint density at radius 1 is 0.750 bits per heavy atom. The van der Waals surface area contributed by atoms with Crippen LogP contribution in [-0.2, 0) is 13.1 Å². The molecule has 0 aliphatic heterocycles. The number of nitrogens with zero attached hydrogens (tertiary/aromatic N) is 5. The highest BCUT2D eigenvalue weighted by Crippen LogP contribution is 2.04. The minimum absolute atomic E-state index is 0.615. The number of nitrogens with one attached hydrogen (secondary N) is 2. The first-order chi connectivity index (χ1) is 13.7. The highest BCUT2D eigenvalue weighted by Gasteiger charge is 2.04. The monoisotopic (exact) mass is 373 g/mol. The smallest absolute Gasteiger partial charge is 0.0867 e. The van der Waals surface area contributed by atoms with E-state index in [4.69, 9.17) is 0 Å². The molecular formula is C21H23N7. The quantitative estimate of drug-likeness (QED) is 0.468. The molecule has 0 atom stereocenters. The zero-order chi connectivity index (χ0) is 19.6. The minimum Gasteiger partial charge on any atom is -0.305 e. The maximum atomic E-state index is 4.66. The second-order valence-corrected chi connectivity index (χ2v) is 6.19. The molecule has 3 heterocycles. The van der Waals surface area contributed by atoms with E-state index in [0.717, 1.165) is 33.9 Å². The van der Waals surface area contributed by atoms with Gasteiger partial charge in [-0.25, -0.2) is 4.98 Å². The third kappa shape index (κ3) is 5.70. The average Bonchev–Trinajstić information content (AvgIpc) is 2.75.